The molecule has 0 aromatic heterocycles. The Morgan fingerprint density at radius 1 is 1.36 bits per heavy atom. The first-order valence-corrected chi connectivity index (χ1v) is 9.01. The van der Waals surface area contributed by atoms with E-state index in [0.717, 1.165) is 19.4 Å². The van der Waals surface area contributed by atoms with E-state index in [1.54, 1.807) is 11.0 Å². The Hall–Kier alpha value is -1.63. The number of amides is 1. The van der Waals surface area contributed by atoms with Crippen molar-refractivity contribution in [2.75, 3.05) is 31.1 Å². The Balaban J connectivity index is 1.71. The van der Waals surface area contributed by atoms with Crippen molar-refractivity contribution in [3.8, 4) is 0 Å². The summed E-state index contributed by atoms with van der Waals surface area (Å²) in [6.45, 7) is 5.89. The van der Waals surface area contributed by atoms with Gasteiger partial charge in [0.05, 0.1) is 22.2 Å². The van der Waals surface area contributed by atoms with Gasteiger partial charge in [0.15, 0.2) is 0 Å². The predicted molar refractivity (Wildman–Crippen MR) is 96.3 cm³/mol. The lowest BCUT2D eigenvalue weighted by Crippen LogP contribution is -2.62. The molecule has 2 heterocycles. The number of piperidine rings is 1. The van der Waals surface area contributed by atoms with Gasteiger partial charge in [-0.1, -0.05) is 23.7 Å². The molecule has 2 aliphatic rings. The van der Waals surface area contributed by atoms with E-state index < -0.39 is 5.54 Å². The van der Waals surface area contributed by atoms with Crippen LogP contribution in [0.3, 0.4) is 0 Å². The van der Waals surface area contributed by atoms with Crippen molar-refractivity contribution in [1.29, 1.82) is 0 Å². The third-order valence-electron chi connectivity index (χ3n) is 4.77. The highest BCUT2D eigenvalue weighted by atomic mass is 35.5. The van der Waals surface area contributed by atoms with Crippen LogP contribution in [-0.2, 0) is 14.4 Å². The Morgan fingerprint density at radius 2 is 2.12 bits per heavy atom. The predicted octanol–water partition coefficient (Wildman–Crippen LogP) is 2.23. The molecule has 2 fully saturated rings. The monoisotopic (exact) mass is 365 g/mol. The van der Waals surface area contributed by atoms with Crippen LogP contribution in [-0.4, -0.2) is 48.7 Å². The Morgan fingerprint density at radius 3 is 2.80 bits per heavy atom. The highest BCUT2D eigenvalue weighted by Gasteiger charge is 2.42. The molecule has 136 valence electrons. The highest BCUT2D eigenvalue weighted by Crippen LogP contribution is 2.31. The van der Waals surface area contributed by atoms with Crippen molar-refractivity contribution >= 4 is 29.2 Å². The molecule has 0 aliphatic carbocycles. The summed E-state index contributed by atoms with van der Waals surface area (Å²) in [5, 5.41) is 5.25. The molecule has 25 heavy (non-hydrogen) atoms. The zero-order valence-corrected chi connectivity index (χ0v) is 15.4. The van der Waals surface area contributed by atoms with Crippen LogP contribution in [0.5, 0.6) is 0 Å². The third-order valence-corrected chi connectivity index (χ3v) is 5.09. The molecule has 6 nitrogen and oxygen atoms in total. The van der Waals surface area contributed by atoms with Crippen molar-refractivity contribution in [2.45, 2.75) is 32.2 Å². The normalized spacial score (nSPS) is 24.2. The number of hydrogen-bond donors (Lipinski definition) is 1. The molecule has 7 heteroatoms. The maximum atomic E-state index is 12.6. The number of hydrogen-bond acceptors (Lipinski definition) is 5. The van der Waals surface area contributed by atoms with E-state index >= 15 is 0 Å². The van der Waals surface area contributed by atoms with Gasteiger partial charge in [-0.2, -0.15) is 0 Å². The summed E-state index contributed by atoms with van der Waals surface area (Å²) >= 11 is 6.24. The van der Waals surface area contributed by atoms with Crippen molar-refractivity contribution < 1.29 is 14.4 Å². The molecule has 1 unspecified atom stereocenters. The second-order valence-electron chi connectivity index (χ2n) is 7.23. The van der Waals surface area contributed by atoms with Crippen molar-refractivity contribution in [2.24, 2.45) is 5.92 Å². The van der Waals surface area contributed by atoms with E-state index in [0.29, 0.717) is 23.8 Å². The van der Waals surface area contributed by atoms with Crippen LogP contribution in [0, 0.1) is 5.92 Å². The molecule has 2 aliphatic heterocycles. The van der Waals surface area contributed by atoms with Crippen LogP contribution >= 0.6 is 11.6 Å². The summed E-state index contributed by atoms with van der Waals surface area (Å²) < 4.78 is 0. The molecule has 1 amide bonds. The third kappa shape index (κ3) is 3.97. The van der Waals surface area contributed by atoms with Gasteiger partial charge in [-0.15, -0.1) is 5.06 Å². The number of hydroxylamine groups is 2. The smallest absolute Gasteiger partial charge is 0.329 e. The molecule has 2 saturated heterocycles. The van der Waals surface area contributed by atoms with E-state index in [2.05, 4.69) is 5.32 Å². The van der Waals surface area contributed by atoms with Crippen LogP contribution in [0.4, 0.5) is 5.69 Å². The largest absolute Gasteiger partial charge is 0.366 e. The minimum absolute atomic E-state index is 0.0180. The summed E-state index contributed by atoms with van der Waals surface area (Å²) in [5.74, 6) is -0.553. The summed E-state index contributed by atoms with van der Waals surface area (Å²) in [4.78, 5) is 32.3. The molecule has 0 spiro atoms. The Kier molecular flexibility index (Phi) is 5.32. The number of nitrogens with one attached hydrogen (secondary N) is 1. The fourth-order valence-corrected chi connectivity index (χ4v) is 3.50. The number of carbonyl (C=O) groups is 2. The number of para-hydroxylation sites is 1. The lowest BCUT2D eigenvalue weighted by Gasteiger charge is -2.45. The first-order chi connectivity index (χ1) is 11.9. The summed E-state index contributed by atoms with van der Waals surface area (Å²) in [7, 11) is 0. The van der Waals surface area contributed by atoms with E-state index in [1.165, 1.54) is 5.06 Å². The molecule has 1 aromatic rings. The number of nitrogens with zero attached hydrogens (tertiary/aromatic N) is 2. The topological polar surface area (TPSA) is 61.9 Å². The number of halogens is 1. The van der Waals surface area contributed by atoms with Gasteiger partial charge in [-0.3, -0.25) is 9.59 Å². The quantitative estimate of drug-likeness (QED) is 0.890. The zero-order valence-electron chi connectivity index (χ0n) is 14.6. The second-order valence-corrected chi connectivity index (χ2v) is 7.64. The van der Waals surface area contributed by atoms with Gasteiger partial charge in [0.1, 0.15) is 6.54 Å². The van der Waals surface area contributed by atoms with Crippen LogP contribution in [0.1, 0.15) is 26.7 Å². The fraction of sp³-hybridized carbons (Fsp3) is 0.556. The molecule has 1 N–H and O–H groups in total. The SMILES string of the molecule is CC1(C)CN(c2ccccc2Cl)C(=O)CN1OC(=O)C1CCCNC1. The average molecular weight is 366 g/mol. The van der Waals surface area contributed by atoms with Crippen LogP contribution in [0.15, 0.2) is 24.3 Å². The second kappa shape index (κ2) is 7.32. The first kappa shape index (κ1) is 18.2. The maximum Gasteiger partial charge on any atom is 0.329 e. The highest BCUT2D eigenvalue weighted by molar-refractivity contribution is 6.33. The van der Waals surface area contributed by atoms with E-state index in [9.17, 15) is 9.59 Å². The lowest BCUT2D eigenvalue weighted by atomic mass is 9.99. The Bertz CT molecular complexity index is 659. The van der Waals surface area contributed by atoms with Gasteiger partial charge >= 0.3 is 5.97 Å². The average Bonchev–Trinajstić information content (AvgIpc) is 2.59. The van der Waals surface area contributed by atoms with Gasteiger partial charge in [0.2, 0.25) is 5.91 Å². The minimum atomic E-state index is -0.509. The summed E-state index contributed by atoms with van der Waals surface area (Å²) in [6, 6.07) is 7.27. The number of carbonyl (C=O) groups excluding carboxylic acids is 2. The van der Waals surface area contributed by atoms with Gasteiger partial charge in [0.25, 0.3) is 0 Å². The van der Waals surface area contributed by atoms with Gasteiger partial charge in [-0.05, 0) is 45.4 Å². The number of benzene rings is 1. The lowest BCUT2D eigenvalue weighted by molar-refractivity contribution is -0.223. The van der Waals surface area contributed by atoms with Crippen LogP contribution in [0.2, 0.25) is 5.02 Å². The molecule has 3 rings (SSSR count). The molecule has 0 radical (unpaired) electrons. The van der Waals surface area contributed by atoms with Crippen molar-refractivity contribution in [3.63, 3.8) is 0 Å². The van der Waals surface area contributed by atoms with Crippen molar-refractivity contribution in [1.82, 2.24) is 10.4 Å². The minimum Gasteiger partial charge on any atom is -0.366 e. The number of piperazine rings is 1. The summed E-state index contributed by atoms with van der Waals surface area (Å²) in [5.41, 5.74) is 0.176. The molecule has 1 aromatic carbocycles. The van der Waals surface area contributed by atoms with Crippen molar-refractivity contribution in [3.05, 3.63) is 29.3 Å². The number of anilines is 1. The maximum absolute atomic E-state index is 12.6. The molecule has 1 atom stereocenters. The van der Waals surface area contributed by atoms with Gasteiger partial charge < -0.3 is 15.1 Å². The Labute approximate surface area is 153 Å². The van der Waals surface area contributed by atoms with E-state index in [1.807, 2.05) is 32.0 Å². The standard InChI is InChI=1S/C18H24ClN3O3/c1-18(2)12-21(15-8-4-3-7-14(15)19)16(23)11-22(18)25-17(24)13-6-5-9-20-10-13/h3-4,7-8,13,20H,5-6,9-12H2,1-2H3. The van der Waals surface area contributed by atoms with Gasteiger partial charge in [0, 0.05) is 13.1 Å². The zero-order chi connectivity index (χ0) is 18.0. The van der Waals surface area contributed by atoms with E-state index in [-0.39, 0.29) is 24.3 Å². The molecular weight excluding hydrogens is 342 g/mol. The first-order valence-electron chi connectivity index (χ1n) is 8.63. The van der Waals surface area contributed by atoms with Crippen LogP contribution in [0.25, 0.3) is 0 Å². The molecule has 0 bridgehead atoms. The van der Waals surface area contributed by atoms with Gasteiger partial charge in [-0.25, -0.2) is 0 Å². The molecule has 0 saturated carbocycles. The van der Waals surface area contributed by atoms with E-state index in [4.69, 9.17) is 16.4 Å². The molecular formula is C18H24ClN3O3. The fourth-order valence-electron chi connectivity index (χ4n) is 3.26. The summed E-state index contributed by atoms with van der Waals surface area (Å²) in [6.07, 6.45) is 1.78. The van der Waals surface area contributed by atoms with Crippen LogP contribution < -0.4 is 10.2 Å². The number of rotatable bonds is 3.